The Morgan fingerprint density at radius 3 is 2.62 bits per heavy atom. The number of aromatic nitrogens is 1. The highest BCUT2D eigenvalue weighted by molar-refractivity contribution is 7.15. The first-order chi connectivity index (χ1) is 11.0. The molecule has 9 heteroatoms. The largest absolute Gasteiger partial charge is 0.375 e. The molecule has 24 heavy (non-hydrogen) atoms. The van der Waals surface area contributed by atoms with Crippen LogP contribution in [0.2, 0.25) is 5.02 Å². The highest BCUT2D eigenvalue weighted by Gasteiger charge is 2.26. The molecule has 1 aromatic carbocycles. The smallest absolute Gasteiger partial charge is 0.258 e. The van der Waals surface area contributed by atoms with Crippen LogP contribution in [0.1, 0.15) is 15.2 Å². The maximum absolute atomic E-state index is 13.9. The van der Waals surface area contributed by atoms with Crippen LogP contribution in [0.4, 0.5) is 9.52 Å². The van der Waals surface area contributed by atoms with Gasteiger partial charge < -0.3 is 10.6 Å². The van der Waals surface area contributed by atoms with Gasteiger partial charge in [0.2, 0.25) is 0 Å². The zero-order valence-corrected chi connectivity index (χ0v) is 15.1. The minimum absolute atomic E-state index is 0. The normalized spacial score (nSPS) is 15.2. The van der Waals surface area contributed by atoms with E-state index in [1.165, 1.54) is 29.5 Å². The van der Waals surface area contributed by atoms with Crippen molar-refractivity contribution in [3.05, 3.63) is 45.7 Å². The molecule has 2 heterocycles. The molecule has 0 bridgehead atoms. The van der Waals surface area contributed by atoms with E-state index in [0.29, 0.717) is 18.2 Å². The number of thiazole rings is 1. The molecule has 0 atom stereocenters. The topological polar surface area (TPSA) is 62.5 Å². The highest BCUT2D eigenvalue weighted by Crippen LogP contribution is 2.22. The summed E-state index contributed by atoms with van der Waals surface area (Å²) in [5.74, 6) is -0.931. The Morgan fingerprint density at radius 1 is 1.33 bits per heavy atom. The van der Waals surface area contributed by atoms with Crippen LogP contribution in [0.3, 0.4) is 0 Å². The molecule has 130 valence electrons. The summed E-state index contributed by atoms with van der Waals surface area (Å²) >= 11 is 7.43. The van der Waals surface area contributed by atoms with Crippen LogP contribution in [0.25, 0.3) is 0 Å². The van der Waals surface area contributed by atoms with Gasteiger partial charge in [-0.3, -0.25) is 9.69 Å². The fraction of sp³-hybridized carbons (Fsp3) is 0.333. The highest BCUT2D eigenvalue weighted by atomic mass is 35.5. The molecule has 0 saturated carbocycles. The lowest BCUT2D eigenvalue weighted by molar-refractivity contribution is 0.0625. The molecule has 5 nitrogen and oxygen atoms in total. The first-order valence-electron chi connectivity index (χ1n) is 7.20. The zero-order chi connectivity index (χ0) is 16.4. The number of hydrogen-bond donors (Lipinski definition) is 1. The average molecular weight is 391 g/mol. The number of piperazine rings is 1. The van der Waals surface area contributed by atoms with Crippen molar-refractivity contribution in [1.82, 2.24) is 14.8 Å². The summed E-state index contributed by atoms with van der Waals surface area (Å²) in [6, 6.07) is 4.28. The second kappa shape index (κ2) is 8.11. The van der Waals surface area contributed by atoms with Crippen LogP contribution >= 0.6 is 35.3 Å². The summed E-state index contributed by atoms with van der Waals surface area (Å²) < 4.78 is 13.9. The molecular formula is C15H17Cl2FN4OS. The standard InChI is InChI=1S/C15H16ClFN4OS.ClH/c16-11-2-1-3-12(17)13(11)14(22)21-6-4-20(5-7-21)9-10-8-19-15(18)23-10;/h1-3,8H,4-7,9H2,(H2,18,19);1H. The molecule has 2 N–H and O–H groups in total. The Bertz CT molecular complexity index is 699. The maximum Gasteiger partial charge on any atom is 0.258 e. The first-order valence-corrected chi connectivity index (χ1v) is 8.40. The van der Waals surface area contributed by atoms with E-state index in [1.54, 1.807) is 11.1 Å². The zero-order valence-electron chi connectivity index (χ0n) is 12.7. The van der Waals surface area contributed by atoms with E-state index in [2.05, 4.69) is 9.88 Å². The summed E-state index contributed by atoms with van der Waals surface area (Å²) in [5.41, 5.74) is 5.58. The second-order valence-corrected chi connectivity index (χ2v) is 6.88. The monoisotopic (exact) mass is 390 g/mol. The van der Waals surface area contributed by atoms with Gasteiger partial charge in [0, 0.05) is 43.8 Å². The summed E-state index contributed by atoms with van der Waals surface area (Å²) in [6.07, 6.45) is 1.77. The van der Waals surface area contributed by atoms with E-state index in [-0.39, 0.29) is 28.9 Å². The molecule has 0 radical (unpaired) electrons. The molecule has 1 aliphatic rings. The van der Waals surface area contributed by atoms with Gasteiger partial charge in [0.25, 0.3) is 5.91 Å². The van der Waals surface area contributed by atoms with Crippen molar-refractivity contribution < 1.29 is 9.18 Å². The van der Waals surface area contributed by atoms with Gasteiger partial charge >= 0.3 is 0 Å². The lowest BCUT2D eigenvalue weighted by Gasteiger charge is -2.34. The van der Waals surface area contributed by atoms with Crippen LogP contribution in [0.15, 0.2) is 24.4 Å². The number of benzene rings is 1. The van der Waals surface area contributed by atoms with Gasteiger partial charge in [-0.2, -0.15) is 0 Å². The Morgan fingerprint density at radius 2 is 2.04 bits per heavy atom. The average Bonchev–Trinajstić information content (AvgIpc) is 2.93. The molecule has 1 amide bonds. The van der Waals surface area contributed by atoms with E-state index in [1.807, 2.05) is 0 Å². The van der Waals surface area contributed by atoms with Gasteiger partial charge in [0.05, 0.1) is 10.6 Å². The number of carbonyl (C=O) groups is 1. The number of amides is 1. The number of halogens is 3. The van der Waals surface area contributed by atoms with E-state index < -0.39 is 5.82 Å². The predicted octanol–water partition coefficient (Wildman–Crippen LogP) is 2.90. The number of rotatable bonds is 3. The molecule has 1 saturated heterocycles. The van der Waals surface area contributed by atoms with Crippen molar-refractivity contribution in [2.75, 3.05) is 31.9 Å². The van der Waals surface area contributed by atoms with E-state index in [9.17, 15) is 9.18 Å². The van der Waals surface area contributed by atoms with Gasteiger partial charge in [-0.05, 0) is 12.1 Å². The number of hydrogen-bond acceptors (Lipinski definition) is 5. The Balaban J connectivity index is 0.00000208. The van der Waals surface area contributed by atoms with E-state index in [4.69, 9.17) is 17.3 Å². The number of carbonyl (C=O) groups excluding carboxylic acids is 1. The molecular weight excluding hydrogens is 374 g/mol. The van der Waals surface area contributed by atoms with Crippen molar-refractivity contribution in [3.8, 4) is 0 Å². The van der Waals surface area contributed by atoms with Crippen LogP contribution < -0.4 is 5.73 Å². The number of anilines is 1. The van der Waals surface area contributed by atoms with Gasteiger partial charge in [0.15, 0.2) is 5.13 Å². The Hall–Kier alpha value is -1.41. The summed E-state index contributed by atoms with van der Waals surface area (Å²) in [4.78, 5) is 21.5. The molecule has 0 aliphatic carbocycles. The minimum atomic E-state index is -0.579. The summed E-state index contributed by atoms with van der Waals surface area (Å²) in [6.45, 7) is 3.28. The van der Waals surface area contributed by atoms with Crippen molar-refractivity contribution in [3.63, 3.8) is 0 Å². The quantitative estimate of drug-likeness (QED) is 0.874. The maximum atomic E-state index is 13.9. The molecule has 1 aliphatic heterocycles. The Kier molecular flexibility index (Phi) is 6.40. The fourth-order valence-electron chi connectivity index (χ4n) is 2.59. The number of nitrogen functional groups attached to an aromatic ring is 1. The van der Waals surface area contributed by atoms with Crippen LogP contribution in [0.5, 0.6) is 0 Å². The summed E-state index contributed by atoms with van der Waals surface area (Å²) in [7, 11) is 0. The van der Waals surface area contributed by atoms with Crippen LogP contribution in [0, 0.1) is 5.82 Å². The molecule has 0 spiro atoms. The summed E-state index contributed by atoms with van der Waals surface area (Å²) in [5, 5.41) is 0.709. The molecule has 0 unspecified atom stereocenters. The molecule has 2 aromatic rings. The molecule has 1 fully saturated rings. The van der Waals surface area contributed by atoms with Crippen LogP contribution in [-0.4, -0.2) is 46.9 Å². The van der Waals surface area contributed by atoms with Crippen molar-refractivity contribution >= 4 is 46.4 Å². The second-order valence-electron chi connectivity index (χ2n) is 5.33. The third kappa shape index (κ3) is 4.16. The third-order valence-corrected chi connectivity index (χ3v) is 4.91. The van der Waals surface area contributed by atoms with Crippen molar-refractivity contribution in [2.45, 2.75) is 6.54 Å². The van der Waals surface area contributed by atoms with Crippen molar-refractivity contribution in [1.29, 1.82) is 0 Å². The van der Waals surface area contributed by atoms with Gasteiger partial charge in [-0.1, -0.05) is 17.7 Å². The van der Waals surface area contributed by atoms with Crippen molar-refractivity contribution in [2.24, 2.45) is 0 Å². The Labute approximate surface area is 154 Å². The third-order valence-electron chi connectivity index (χ3n) is 3.79. The lowest BCUT2D eigenvalue weighted by atomic mass is 10.1. The first kappa shape index (κ1) is 18.9. The molecule has 1 aromatic heterocycles. The predicted molar refractivity (Wildman–Crippen MR) is 96.4 cm³/mol. The minimum Gasteiger partial charge on any atom is -0.375 e. The van der Waals surface area contributed by atoms with E-state index >= 15 is 0 Å². The molecule has 3 rings (SSSR count). The number of nitrogens with two attached hydrogens (primary N) is 1. The van der Waals surface area contributed by atoms with E-state index in [0.717, 1.165) is 24.5 Å². The fourth-order valence-corrected chi connectivity index (χ4v) is 3.56. The van der Waals surface area contributed by atoms with Gasteiger partial charge in [-0.15, -0.1) is 23.7 Å². The van der Waals surface area contributed by atoms with Gasteiger partial charge in [0.1, 0.15) is 5.82 Å². The number of nitrogens with zero attached hydrogens (tertiary/aromatic N) is 3. The SMILES string of the molecule is Cl.Nc1ncc(CN2CCN(C(=O)c3c(F)cccc3Cl)CC2)s1. The van der Waals surface area contributed by atoms with Crippen LogP contribution in [-0.2, 0) is 6.54 Å². The lowest BCUT2D eigenvalue weighted by Crippen LogP contribution is -2.48. The van der Waals surface area contributed by atoms with Gasteiger partial charge in [-0.25, -0.2) is 9.37 Å².